The molecule has 2 rings (SSSR count). The quantitative estimate of drug-likeness (QED) is 0.488. The van der Waals surface area contributed by atoms with Gasteiger partial charge in [-0.05, 0) is 68.1 Å². The van der Waals surface area contributed by atoms with Crippen molar-refractivity contribution >= 4 is 66.4 Å². The monoisotopic (exact) mass is 412 g/mol. The highest BCUT2D eigenvalue weighted by Crippen LogP contribution is 2.42. The summed E-state index contributed by atoms with van der Waals surface area (Å²) in [6.07, 6.45) is 0. The van der Waals surface area contributed by atoms with E-state index in [0.717, 1.165) is 24.3 Å². The molecule has 1 unspecified atom stereocenters. The van der Waals surface area contributed by atoms with Crippen LogP contribution in [0.2, 0.25) is 5.02 Å². The second-order valence-corrected chi connectivity index (χ2v) is 8.27. The maximum atomic E-state index is 6.52. The average Bonchev–Trinajstić information content (AvgIpc) is 2.60. The van der Waals surface area contributed by atoms with E-state index in [9.17, 15) is 0 Å². The summed E-state index contributed by atoms with van der Waals surface area (Å²) in [5, 5.41) is 0.521. The van der Waals surface area contributed by atoms with E-state index in [4.69, 9.17) is 23.2 Å². The van der Waals surface area contributed by atoms with Gasteiger partial charge in [-0.2, -0.15) is 0 Å². The topological polar surface area (TPSA) is 0 Å². The molecule has 0 bridgehead atoms. The van der Waals surface area contributed by atoms with E-state index >= 15 is 0 Å². The molecular formula is C12H8Br2Cl2S. The van der Waals surface area contributed by atoms with Gasteiger partial charge in [0.2, 0.25) is 0 Å². The summed E-state index contributed by atoms with van der Waals surface area (Å²) in [6.45, 7) is 2.04. The predicted molar refractivity (Wildman–Crippen MR) is 83.6 cm³/mol. The van der Waals surface area contributed by atoms with Gasteiger partial charge in [-0.1, -0.05) is 17.7 Å². The molecule has 0 aliphatic heterocycles. The van der Waals surface area contributed by atoms with Crippen LogP contribution in [0.1, 0.15) is 22.1 Å². The van der Waals surface area contributed by atoms with E-state index in [-0.39, 0.29) is 5.38 Å². The van der Waals surface area contributed by atoms with Crippen LogP contribution >= 0.6 is 66.4 Å². The first-order chi connectivity index (χ1) is 7.99. The Kier molecular flexibility index (Phi) is 4.59. The molecule has 5 heteroatoms. The van der Waals surface area contributed by atoms with Gasteiger partial charge < -0.3 is 0 Å². The Hall–Kier alpha value is 0.460. The van der Waals surface area contributed by atoms with E-state index in [2.05, 4.69) is 31.9 Å². The molecule has 0 amide bonds. The number of hydrogen-bond acceptors (Lipinski definition) is 1. The molecule has 0 N–H and O–H groups in total. The van der Waals surface area contributed by atoms with Crippen LogP contribution in [0, 0.1) is 6.92 Å². The fourth-order valence-electron chi connectivity index (χ4n) is 1.58. The molecule has 0 saturated heterocycles. The first-order valence-corrected chi connectivity index (χ1v) is 8.05. The Balaban J connectivity index is 2.46. The van der Waals surface area contributed by atoms with E-state index in [1.54, 1.807) is 11.3 Å². The van der Waals surface area contributed by atoms with Gasteiger partial charge in [0.05, 0.1) is 12.9 Å². The second-order valence-electron chi connectivity index (χ2n) is 3.64. The van der Waals surface area contributed by atoms with Crippen molar-refractivity contribution < 1.29 is 0 Å². The van der Waals surface area contributed by atoms with Crippen molar-refractivity contribution in [2.45, 2.75) is 12.3 Å². The van der Waals surface area contributed by atoms with Crippen LogP contribution in [0.5, 0.6) is 0 Å². The van der Waals surface area contributed by atoms with Crippen molar-refractivity contribution in [3.8, 4) is 0 Å². The average molecular weight is 415 g/mol. The number of aryl methyl sites for hydroxylation is 1. The fraction of sp³-hybridized carbons (Fsp3) is 0.167. The van der Waals surface area contributed by atoms with Crippen molar-refractivity contribution in [1.82, 2.24) is 0 Å². The SMILES string of the molecule is Cc1ccc(Cl)cc1C(Cl)c1cc(Br)sc1Br. The number of halogens is 4. The first kappa shape index (κ1) is 13.9. The highest BCUT2D eigenvalue weighted by molar-refractivity contribution is 9.12. The molecule has 0 aliphatic carbocycles. The molecule has 1 aromatic carbocycles. The summed E-state index contributed by atoms with van der Waals surface area (Å²) in [6, 6.07) is 7.82. The van der Waals surface area contributed by atoms with Crippen molar-refractivity contribution in [2.75, 3.05) is 0 Å². The summed E-state index contributed by atoms with van der Waals surface area (Å²) in [5.41, 5.74) is 3.25. The standard InChI is InChI=1S/C12H8Br2Cl2S/c1-6-2-3-7(15)4-8(6)11(16)9-5-10(13)17-12(9)14/h2-5,11H,1H3. The van der Waals surface area contributed by atoms with Gasteiger partial charge in [0, 0.05) is 10.6 Å². The molecular weight excluding hydrogens is 407 g/mol. The Bertz CT molecular complexity index is 551. The Morgan fingerprint density at radius 3 is 2.47 bits per heavy atom. The molecule has 90 valence electrons. The number of hydrogen-bond donors (Lipinski definition) is 0. The predicted octanol–water partition coefficient (Wildman–Crippen LogP) is 6.56. The Labute approximate surface area is 131 Å². The summed E-state index contributed by atoms with van der Waals surface area (Å²) < 4.78 is 2.11. The van der Waals surface area contributed by atoms with E-state index in [0.29, 0.717) is 5.02 Å². The van der Waals surface area contributed by atoms with E-state index in [1.165, 1.54) is 0 Å². The lowest BCUT2D eigenvalue weighted by molar-refractivity contribution is 1.11. The second kappa shape index (κ2) is 5.62. The third kappa shape index (κ3) is 3.07. The molecule has 1 heterocycles. The van der Waals surface area contributed by atoms with Crippen LogP contribution in [0.25, 0.3) is 0 Å². The highest BCUT2D eigenvalue weighted by atomic mass is 79.9. The zero-order valence-corrected chi connectivity index (χ0v) is 14.3. The van der Waals surface area contributed by atoms with E-state index < -0.39 is 0 Å². The number of rotatable bonds is 2. The number of thiophene rings is 1. The third-order valence-corrected chi connectivity index (χ3v) is 5.56. The Morgan fingerprint density at radius 2 is 1.88 bits per heavy atom. The minimum Gasteiger partial charge on any atom is -0.121 e. The van der Waals surface area contributed by atoms with Gasteiger partial charge in [0.1, 0.15) is 0 Å². The van der Waals surface area contributed by atoms with Gasteiger partial charge in [0.25, 0.3) is 0 Å². The van der Waals surface area contributed by atoms with Gasteiger partial charge in [-0.25, -0.2) is 0 Å². The van der Waals surface area contributed by atoms with Crippen LogP contribution in [0.3, 0.4) is 0 Å². The van der Waals surface area contributed by atoms with Crippen LogP contribution in [0.4, 0.5) is 0 Å². The highest BCUT2D eigenvalue weighted by Gasteiger charge is 2.18. The fourth-order valence-corrected chi connectivity index (χ4v) is 5.26. The molecule has 0 radical (unpaired) electrons. The zero-order valence-electron chi connectivity index (χ0n) is 8.81. The van der Waals surface area contributed by atoms with Crippen molar-refractivity contribution in [3.63, 3.8) is 0 Å². The van der Waals surface area contributed by atoms with Crippen molar-refractivity contribution in [1.29, 1.82) is 0 Å². The minimum atomic E-state index is -0.189. The molecule has 2 aromatic rings. The Morgan fingerprint density at radius 1 is 1.18 bits per heavy atom. The van der Waals surface area contributed by atoms with Crippen LogP contribution in [-0.2, 0) is 0 Å². The third-order valence-electron chi connectivity index (χ3n) is 2.47. The van der Waals surface area contributed by atoms with Crippen molar-refractivity contribution in [2.24, 2.45) is 0 Å². The summed E-state index contributed by atoms with van der Waals surface area (Å²) in [7, 11) is 0. The van der Waals surface area contributed by atoms with Crippen molar-refractivity contribution in [3.05, 3.63) is 53.6 Å². The smallest absolute Gasteiger partial charge is 0.0858 e. The van der Waals surface area contributed by atoms with Gasteiger partial charge >= 0.3 is 0 Å². The van der Waals surface area contributed by atoms with Crippen LogP contribution in [-0.4, -0.2) is 0 Å². The number of alkyl halides is 1. The molecule has 0 spiro atoms. The molecule has 0 saturated carbocycles. The normalized spacial score (nSPS) is 12.8. The molecule has 17 heavy (non-hydrogen) atoms. The maximum Gasteiger partial charge on any atom is 0.0858 e. The minimum absolute atomic E-state index is 0.189. The summed E-state index contributed by atoms with van der Waals surface area (Å²) >= 11 is 21.1. The summed E-state index contributed by atoms with van der Waals surface area (Å²) in [4.78, 5) is 0. The molecule has 0 fully saturated rings. The molecule has 1 aromatic heterocycles. The van der Waals surface area contributed by atoms with Crippen LogP contribution in [0.15, 0.2) is 31.8 Å². The lowest BCUT2D eigenvalue weighted by Gasteiger charge is -2.12. The van der Waals surface area contributed by atoms with Gasteiger partial charge in [-0.3, -0.25) is 0 Å². The van der Waals surface area contributed by atoms with Gasteiger partial charge in [0.15, 0.2) is 0 Å². The lowest BCUT2D eigenvalue weighted by atomic mass is 10.0. The largest absolute Gasteiger partial charge is 0.121 e. The molecule has 1 atom stereocenters. The molecule has 0 aliphatic rings. The van der Waals surface area contributed by atoms with E-state index in [1.807, 2.05) is 31.2 Å². The maximum absolute atomic E-state index is 6.52. The zero-order chi connectivity index (χ0) is 12.6. The summed E-state index contributed by atoms with van der Waals surface area (Å²) in [5.74, 6) is 0. The molecule has 0 nitrogen and oxygen atoms in total. The number of benzene rings is 1. The lowest BCUT2D eigenvalue weighted by Crippen LogP contribution is -1.95. The van der Waals surface area contributed by atoms with Crippen LogP contribution < -0.4 is 0 Å². The van der Waals surface area contributed by atoms with Gasteiger partial charge in [-0.15, -0.1) is 22.9 Å². The first-order valence-electron chi connectivity index (χ1n) is 4.84.